The molecule has 0 saturated carbocycles. The third-order valence-corrected chi connectivity index (χ3v) is 2.89. The molecule has 0 fully saturated rings. The SMILES string of the molecule is Nc1cn(-c2ncccn2)c2cccc(Cl)c12. The summed E-state index contributed by atoms with van der Waals surface area (Å²) in [6.45, 7) is 0. The summed E-state index contributed by atoms with van der Waals surface area (Å²) in [6, 6.07) is 7.40. The van der Waals surface area contributed by atoms with Crippen LogP contribution in [0.5, 0.6) is 0 Å². The van der Waals surface area contributed by atoms with E-state index in [2.05, 4.69) is 9.97 Å². The molecule has 0 aliphatic carbocycles. The summed E-state index contributed by atoms with van der Waals surface area (Å²) in [4.78, 5) is 8.39. The number of nitrogens with zero attached hydrogens (tertiary/aromatic N) is 3. The van der Waals surface area contributed by atoms with Crippen LogP contribution in [0.15, 0.2) is 42.9 Å². The molecule has 0 amide bonds. The molecule has 4 nitrogen and oxygen atoms in total. The number of rotatable bonds is 1. The Morgan fingerprint density at radius 3 is 2.65 bits per heavy atom. The van der Waals surface area contributed by atoms with Gasteiger partial charge in [-0.25, -0.2) is 9.97 Å². The van der Waals surface area contributed by atoms with Crippen molar-refractivity contribution < 1.29 is 0 Å². The molecule has 3 aromatic rings. The Hall–Kier alpha value is -2.07. The van der Waals surface area contributed by atoms with E-state index in [-0.39, 0.29) is 0 Å². The summed E-state index contributed by atoms with van der Waals surface area (Å²) in [7, 11) is 0. The van der Waals surface area contributed by atoms with Crippen molar-refractivity contribution in [1.29, 1.82) is 0 Å². The van der Waals surface area contributed by atoms with Crippen molar-refractivity contribution in [2.24, 2.45) is 0 Å². The summed E-state index contributed by atoms with van der Waals surface area (Å²) >= 11 is 6.13. The molecule has 2 heterocycles. The van der Waals surface area contributed by atoms with Gasteiger partial charge in [-0.3, -0.25) is 4.57 Å². The second kappa shape index (κ2) is 3.75. The van der Waals surface area contributed by atoms with Gasteiger partial charge in [0.1, 0.15) is 0 Å². The van der Waals surface area contributed by atoms with Gasteiger partial charge >= 0.3 is 0 Å². The zero-order valence-corrected chi connectivity index (χ0v) is 9.59. The van der Waals surface area contributed by atoms with E-state index < -0.39 is 0 Å². The van der Waals surface area contributed by atoms with Gasteiger partial charge in [0.25, 0.3) is 0 Å². The number of fused-ring (bicyclic) bond motifs is 1. The summed E-state index contributed by atoms with van der Waals surface area (Å²) in [5.41, 5.74) is 7.48. The van der Waals surface area contributed by atoms with E-state index in [9.17, 15) is 0 Å². The Morgan fingerprint density at radius 1 is 1.12 bits per heavy atom. The Morgan fingerprint density at radius 2 is 1.88 bits per heavy atom. The van der Waals surface area contributed by atoms with Gasteiger partial charge in [-0.2, -0.15) is 0 Å². The van der Waals surface area contributed by atoms with E-state index in [0.717, 1.165) is 10.9 Å². The molecule has 1 aromatic carbocycles. The van der Waals surface area contributed by atoms with E-state index >= 15 is 0 Å². The van der Waals surface area contributed by atoms with Crippen LogP contribution in [0.25, 0.3) is 16.9 Å². The molecule has 0 radical (unpaired) electrons. The maximum Gasteiger partial charge on any atom is 0.234 e. The number of nitrogen functional groups attached to an aromatic ring is 1. The summed E-state index contributed by atoms with van der Waals surface area (Å²) < 4.78 is 1.83. The van der Waals surface area contributed by atoms with Crippen LogP contribution in [-0.4, -0.2) is 14.5 Å². The molecule has 84 valence electrons. The predicted octanol–water partition coefficient (Wildman–Crippen LogP) is 2.66. The molecule has 17 heavy (non-hydrogen) atoms. The molecule has 0 saturated heterocycles. The Labute approximate surface area is 103 Å². The fourth-order valence-electron chi connectivity index (χ4n) is 1.85. The smallest absolute Gasteiger partial charge is 0.234 e. The number of hydrogen-bond acceptors (Lipinski definition) is 3. The Bertz CT molecular complexity index is 676. The first kappa shape index (κ1) is 10.1. The summed E-state index contributed by atoms with van der Waals surface area (Å²) in [5.74, 6) is 0.580. The molecule has 0 aliphatic rings. The highest BCUT2D eigenvalue weighted by atomic mass is 35.5. The molecule has 3 rings (SSSR count). The number of anilines is 1. The number of halogens is 1. The van der Waals surface area contributed by atoms with Crippen molar-refractivity contribution in [2.45, 2.75) is 0 Å². The molecule has 0 unspecified atom stereocenters. The van der Waals surface area contributed by atoms with Crippen LogP contribution in [0.4, 0.5) is 5.69 Å². The third kappa shape index (κ3) is 1.54. The van der Waals surface area contributed by atoms with Gasteiger partial charge in [-0.1, -0.05) is 17.7 Å². The highest BCUT2D eigenvalue weighted by Gasteiger charge is 2.11. The normalized spacial score (nSPS) is 10.9. The number of aromatic nitrogens is 3. The fourth-order valence-corrected chi connectivity index (χ4v) is 2.13. The third-order valence-electron chi connectivity index (χ3n) is 2.58. The van der Waals surface area contributed by atoms with Crippen molar-refractivity contribution in [2.75, 3.05) is 5.73 Å². The van der Waals surface area contributed by atoms with Gasteiger partial charge in [0.15, 0.2) is 0 Å². The van der Waals surface area contributed by atoms with Crippen molar-refractivity contribution in [3.63, 3.8) is 0 Å². The van der Waals surface area contributed by atoms with Crippen molar-refractivity contribution in [1.82, 2.24) is 14.5 Å². The molecule has 0 bridgehead atoms. The van der Waals surface area contributed by atoms with E-state index in [1.54, 1.807) is 24.7 Å². The van der Waals surface area contributed by atoms with Crippen molar-refractivity contribution in [3.8, 4) is 5.95 Å². The maximum atomic E-state index is 6.13. The topological polar surface area (TPSA) is 56.7 Å². The van der Waals surface area contributed by atoms with E-state index in [4.69, 9.17) is 17.3 Å². The lowest BCUT2D eigenvalue weighted by Gasteiger charge is -2.02. The second-order valence-electron chi connectivity index (χ2n) is 3.64. The van der Waals surface area contributed by atoms with Crippen LogP contribution < -0.4 is 5.73 Å². The molecule has 2 aromatic heterocycles. The zero-order chi connectivity index (χ0) is 11.8. The number of hydrogen-bond donors (Lipinski definition) is 1. The average Bonchev–Trinajstić information content (AvgIpc) is 2.69. The Balaban J connectivity index is 2.36. The van der Waals surface area contributed by atoms with E-state index in [1.807, 2.05) is 22.8 Å². The highest BCUT2D eigenvalue weighted by Crippen LogP contribution is 2.31. The number of nitrogens with two attached hydrogens (primary N) is 1. The maximum absolute atomic E-state index is 6.13. The zero-order valence-electron chi connectivity index (χ0n) is 8.84. The van der Waals surface area contributed by atoms with E-state index in [1.165, 1.54) is 0 Å². The average molecular weight is 245 g/mol. The van der Waals surface area contributed by atoms with Crippen molar-refractivity contribution >= 4 is 28.2 Å². The fraction of sp³-hybridized carbons (Fsp3) is 0. The molecular weight excluding hydrogens is 236 g/mol. The minimum absolute atomic E-state index is 0.580. The first-order valence-electron chi connectivity index (χ1n) is 5.10. The monoisotopic (exact) mass is 244 g/mol. The Kier molecular flexibility index (Phi) is 2.23. The summed E-state index contributed by atoms with van der Waals surface area (Å²) in [6.07, 6.45) is 5.16. The molecule has 2 N–H and O–H groups in total. The van der Waals surface area contributed by atoms with Crippen LogP contribution in [0.3, 0.4) is 0 Å². The van der Waals surface area contributed by atoms with Crippen molar-refractivity contribution in [3.05, 3.63) is 47.9 Å². The van der Waals surface area contributed by atoms with Gasteiger partial charge in [-0.15, -0.1) is 0 Å². The van der Waals surface area contributed by atoms with Crippen LogP contribution in [0.2, 0.25) is 5.02 Å². The minimum Gasteiger partial charge on any atom is -0.397 e. The lowest BCUT2D eigenvalue weighted by atomic mass is 10.2. The molecule has 5 heteroatoms. The van der Waals surface area contributed by atoms with Crippen LogP contribution in [-0.2, 0) is 0 Å². The second-order valence-corrected chi connectivity index (χ2v) is 4.04. The first-order chi connectivity index (χ1) is 8.27. The molecule has 0 atom stereocenters. The molecule has 0 aliphatic heterocycles. The van der Waals surface area contributed by atoms with Gasteiger partial charge in [0.2, 0.25) is 5.95 Å². The van der Waals surface area contributed by atoms with Crippen LogP contribution >= 0.6 is 11.6 Å². The quantitative estimate of drug-likeness (QED) is 0.716. The molecule has 0 spiro atoms. The summed E-state index contributed by atoms with van der Waals surface area (Å²) in [5, 5.41) is 1.47. The van der Waals surface area contributed by atoms with Crippen LogP contribution in [0.1, 0.15) is 0 Å². The van der Waals surface area contributed by atoms with Gasteiger partial charge in [-0.05, 0) is 18.2 Å². The van der Waals surface area contributed by atoms with Crippen LogP contribution in [0, 0.1) is 0 Å². The lowest BCUT2D eigenvalue weighted by Crippen LogP contribution is -1.97. The minimum atomic E-state index is 0.580. The molecular formula is C12H9ClN4. The standard InChI is InChI=1S/C12H9ClN4/c13-8-3-1-4-10-11(8)9(14)7-17(10)12-15-5-2-6-16-12/h1-7H,14H2. The van der Waals surface area contributed by atoms with Gasteiger partial charge in [0, 0.05) is 24.0 Å². The van der Waals surface area contributed by atoms with Gasteiger partial charge < -0.3 is 5.73 Å². The highest BCUT2D eigenvalue weighted by molar-refractivity contribution is 6.36. The van der Waals surface area contributed by atoms with Gasteiger partial charge in [0.05, 0.1) is 16.2 Å². The first-order valence-corrected chi connectivity index (χ1v) is 5.47. The lowest BCUT2D eigenvalue weighted by molar-refractivity contribution is 0.963. The number of benzene rings is 1. The predicted molar refractivity (Wildman–Crippen MR) is 68.3 cm³/mol. The largest absolute Gasteiger partial charge is 0.397 e. The van der Waals surface area contributed by atoms with E-state index in [0.29, 0.717) is 16.7 Å².